The number of benzene rings is 2. The van der Waals surface area contributed by atoms with Crippen LogP contribution in [0.2, 0.25) is 0 Å². The first-order valence-corrected chi connectivity index (χ1v) is 7.26. The summed E-state index contributed by atoms with van der Waals surface area (Å²) in [4.78, 5) is 0. The third-order valence-corrected chi connectivity index (χ3v) is 3.69. The molecule has 2 aromatic carbocycles. The van der Waals surface area contributed by atoms with Gasteiger partial charge in [0.1, 0.15) is 0 Å². The molecule has 2 atom stereocenters. The molecule has 124 valence electrons. The Kier molecular flexibility index (Phi) is 6.24. The maximum absolute atomic E-state index is 10.7. The highest BCUT2D eigenvalue weighted by Crippen LogP contribution is 2.37. The zero-order chi connectivity index (χ0) is 15.4. The molecule has 0 aliphatic carbocycles. The summed E-state index contributed by atoms with van der Waals surface area (Å²) in [5.74, 6) is 1.38. The van der Waals surface area contributed by atoms with E-state index in [9.17, 15) is 5.11 Å². The molecule has 0 bridgehead atoms. The first-order chi connectivity index (χ1) is 10.8. The van der Waals surface area contributed by atoms with E-state index in [0.717, 1.165) is 11.1 Å². The first-order valence-electron chi connectivity index (χ1n) is 7.26. The monoisotopic (exact) mass is 337 g/mol. The molecular weight excluding hydrogens is 318 g/mol. The van der Waals surface area contributed by atoms with E-state index in [-0.39, 0.29) is 31.8 Å². The van der Waals surface area contributed by atoms with E-state index in [2.05, 4.69) is 5.32 Å². The fourth-order valence-electron chi connectivity index (χ4n) is 2.58. The molecule has 1 aliphatic rings. The fourth-order valence-corrected chi connectivity index (χ4v) is 2.58. The lowest BCUT2D eigenvalue weighted by Crippen LogP contribution is -2.29. The van der Waals surface area contributed by atoms with Crippen molar-refractivity contribution in [1.29, 1.82) is 0 Å². The van der Waals surface area contributed by atoms with Crippen LogP contribution in [-0.2, 0) is 0 Å². The summed E-state index contributed by atoms with van der Waals surface area (Å²) in [5, 5.41) is 23.0. The van der Waals surface area contributed by atoms with Crippen molar-refractivity contribution in [1.82, 2.24) is 5.32 Å². The van der Waals surface area contributed by atoms with Crippen LogP contribution < -0.4 is 14.8 Å². The highest BCUT2D eigenvalue weighted by Gasteiger charge is 2.24. The molecule has 2 unspecified atom stereocenters. The van der Waals surface area contributed by atoms with Crippen LogP contribution in [-0.4, -0.2) is 30.2 Å². The molecule has 3 rings (SSSR count). The van der Waals surface area contributed by atoms with Crippen LogP contribution in [0.3, 0.4) is 0 Å². The van der Waals surface area contributed by atoms with Crippen molar-refractivity contribution in [2.24, 2.45) is 0 Å². The molecule has 3 N–H and O–H groups in total. The van der Waals surface area contributed by atoms with Crippen LogP contribution in [0.25, 0.3) is 0 Å². The summed E-state index contributed by atoms with van der Waals surface area (Å²) < 4.78 is 10.7. The first kappa shape index (κ1) is 17.6. The van der Waals surface area contributed by atoms with Crippen molar-refractivity contribution < 1.29 is 19.7 Å². The SMILES string of the molecule is Cl.OCCNC(c1ccc2c(c1)OCO2)C(O)c1ccccc1. The number of rotatable bonds is 6. The quantitative estimate of drug-likeness (QED) is 0.753. The van der Waals surface area contributed by atoms with Gasteiger partial charge in [0.05, 0.1) is 18.8 Å². The summed E-state index contributed by atoms with van der Waals surface area (Å²) in [6.07, 6.45) is -0.729. The molecule has 0 saturated carbocycles. The largest absolute Gasteiger partial charge is 0.454 e. The third kappa shape index (κ3) is 3.95. The highest BCUT2D eigenvalue weighted by atomic mass is 35.5. The van der Waals surface area contributed by atoms with Gasteiger partial charge in [-0.25, -0.2) is 0 Å². The van der Waals surface area contributed by atoms with E-state index in [4.69, 9.17) is 14.6 Å². The van der Waals surface area contributed by atoms with Gasteiger partial charge in [-0.3, -0.25) is 0 Å². The Morgan fingerprint density at radius 3 is 2.48 bits per heavy atom. The number of aliphatic hydroxyl groups excluding tert-OH is 2. The van der Waals surface area contributed by atoms with Gasteiger partial charge in [-0.2, -0.15) is 0 Å². The number of aliphatic hydroxyl groups is 2. The van der Waals surface area contributed by atoms with Crippen molar-refractivity contribution in [2.45, 2.75) is 12.1 Å². The van der Waals surface area contributed by atoms with E-state index in [1.807, 2.05) is 48.5 Å². The zero-order valence-corrected chi connectivity index (χ0v) is 13.3. The molecule has 0 radical (unpaired) electrons. The number of fused-ring (bicyclic) bond motifs is 1. The van der Waals surface area contributed by atoms with Crippen LogP contribution in [0.1, 0.15) is 23.3 Å². The summed E-state index contributed by atoms with van der Waals surface area (Å²) in [7, 11) is 0. The minimum atomic E-state index is -0.729. The summed E-state index contributed by atoms with van der Waals surface area (Å²) in [6, 6.07) is 14.7. The summed E-state index contributed by atoms with van der Waals surface area (Å²) in [6.45, 7) is 0.611. The lowest BCUT2D eigenvalue weighted by atomic mass is 9.95. The minimum Gasteiger partial charge on any atom is -0.454 e. The number of hydrogen-bond donors (Lipinski definition) is 3. The molecular formula is C17H20ClNO4. The van der Waals surface area contributed by atoms with Crippen molar-refractivity contribution >= 4 is 12.4 Å². The van der Waals surface area contributed by atoms with E-state index in [1.165, 1.54) is 0 Å². The number of halogens is 1. The van der Waals surface area contributed by atoms with Crippen molar-refractivity contribution in [3.8, 4) is 11.5 Å². The number of hydrogen-bond acceptors (Lipinski definition) is 5. The van der Waals surface area contributed by atoms with Crippen molar-refractivity contribution in [2.75, 3.05) is 19.9 Å². The Morgan fingerprint density at radius 1 is 1.00 bits per heavy atom. The Labute approximate surface area is 141 Å². The van der Waals surface area contributed by atoms with E-state index >= 15 is 0 Å². The zero-order valence-electron chi connectivity index (χ0n) is 12.5. The second-order valence-electron chi connectivity index (χ2n) is 5.12. The molecule has 0 amide bonds. The molecule has 0 saturated heterocycles. The maximum atomic E-state index is 10.7. The second kappa shape index (κ2) is 8.17. The van der Waals surface area contributed by atoms with Gasteiger partial charge in [-0.05, 0) is 23.3 Å². The van der Waals surface area contributed by atoms with E-state index in [0.29, 0.717) is 18.0 Å². The Balaban J connectivity index is 0.00000192. The van der Waals surface area contributed by atoms with Gasteiger partial charge in [0.25, 0.3) is 0 Å². The van der Waals surface area contributed by atoms with Gasteiger partial charge in [0.2, 0.25) is 6.79 Å². The number of nitrogens with one attached hydrogen (secondary N) is 1. The highest BCUT2D eigenvalue weighted by molar-refractivity contribution is 5.85. The minimum absolute atomic E-state index is 0. The molecule has 0 spiro atoms. The van der Waals surface area contributed by atoms with Gasteiger partial charge >= 0.3 is 0 Å². The smallest absolute Gasteiger partial charge is 0.231 e. The van der Waals surface area contributed by atoms with Crippen molar-refractivity contribution in [3.63, 3.8) is 0 Å². The molecule has 23 heavy (non-hydrogen) atoms. The molecule has 2 aromatic rings. The number of ether oxygens (including phenoxy) is 2. The summed E-state index contributed by atoms with van der Waals surface area (Å²) >= 11 is 0. The predicted octanol–water partition coefficient (Wildman–Crippen LogP) is 2.19. The molecule has 0 fully saturated rings. The van der Waals surface area contributed by atoms with E-state index < -0.39 is 6.10 Å². The van der Waals surface area contributed by atoms with Crippen LogP contribution >= 0.6 is 12.4 Å². The van der Waals surface area contributed by atoms with Crippen LogP contribution in [0.5, 0.6) is 11.5 Å². The molecule has 5 nitrogen and oxygen atoms in total. The van der Waals surface area contributed by atoms with Gasteiger partial charge in [-0.1, -0.05) is 36.4 Å². The molecule has 1 heterocycles. The standard InChI is InChI=1S/C17H19NO4.ClH/c19-9-8-18-16(17(20)12-4-2-1-3-5-12)13-6-7-14-15(10-13)22-11-21-14;/h1-7,10,16-20H,8-9,11H2;1H. The summed E-state index contributed by atoms with van der Waals surface area (Å²) in [5.41, 5.74) is 1.70. The van der Waals surface area contributed by atoms with Gasteiger partial charge in [0.15, 0.2) is 11.5 Å². The average Bonchev–Trinajstić information content (AvgIpc) is 3.03. The Bertz CT molecular complexity index is 623. The van der Waals surface area contributed by atoms with Crippen LogP contribution in [0.4, 0.5) is 0 Å². The molecule has 1 aliphatic heterocycles. The predicted molar refractivity (Wildman–Crippen MR) is 89.0 cm³/mol. The third-order valence-electron chi connectivity index (χ3n) is 3.69. The average molecular weight is 338 g/mol. The topological polar surface area (TPSA) is 71.0 Å². The van der Waals surface area contributed by atoms with Crippen molar-refractivity contribution in [3.05, 3.63) is 59.7 Å². The maximum Gasteiger partial charge on any atom is 0.231 e. The van der Waals surface area contributed by atoms with E-state index in [1.54, 1.807) is 0 Å². The fraction of sp³-hybridized carbons (Fsp3) is 0.294. The normalized spacial score (nSPS) is 14.9. The lowest BCUT2D eigenvalue weighted by Gasteiger charge is -2.25. The molecule has 6 heteroatoms. The molecule has 0 aromatic heterocycles. The van der Waals surface area contributed by atoms with Crippen LogP contribution in [0.15, 0.2) is 48.5 Å². The van der Waals surface area contributed by atoms with Gasteiger partial charge < -0.3 is 25.0 Å². The second-order valence-corrected chi connectivity index (χ2v) is 5.12. The van der Waals surface area contributed by atoms with Gasteiger partial charge in [0, 0.05) is 6.54 Å². The Morgan fingerprint density at radius 2 is 1.74 bits per heavy atom. The Hall–Kier alpha value is -1.79. The van der Waals surface area contributed by atoms with Crippen LogP contribution in [0, 0.1) is 0 Å². The van der Waals surface area contributed by atoms with Gasteiger partial charge in [-0.15, -0.1) is 12.4 Å². The lowest BCUT2D eigenvalue weighted by molar-refractivity contribution is 0.124.